The molecule has 2 rings (SSSR count). The molecule has 6 heteroatoms. The summed E-state index contributed by atoms with van der Waals surface area (Å²) in [5.74, 6) is 0. The van der Waals surface area contributed by atoms with Gasteiger partial charge in [0, 0.05) is 13.2 Å². The zero-order chi connectivity index (χ0) is 13.9. The van der Waals surface area contributed by atoms with Crippen molar-refractivity contribution >= 4 is 10.0 Å². The molecule has 0 aromatic heterocycles. The molecule has 2 unspecified atom stereocenters. The maximum atomic E-state index is 12.2. The average Bonchev–Trinajstić information content (AvgIpc) is 2.85. The van der Waals surface area contributed by atoms with Crippen molar-refractivity contribution in [1.29, 1.82) is 5.26 Å². The smallest absolute Gasteiger partial charge is 0.240 e. The van der Waals surface area contributed by atoms with Gasteiger partial charge in [-0.1, -0.05) is 6.07 Å². The molecule has 1 aliphatic rings. The van der Waals surface area contributed by atoms with E-state index in [0.717, 1.165) is 12.8 Å². The Hall–Kier alpha value is -1.42. The first-order chi connectivity index (χ1) is 9.05. The fourth-order valence-corrected chi connectivity index (χ4v) is 3.61. The van der Waals surface area contributed by atoms with Crippen LogP contribution in [0.25, 0.3) is 0 Å². The fraction of sp³-hybridized carbons (Fsp3) is 0.462. The Morgan fingerprint density at radius 2 is 2.21 bits per heavy atom. The van der Waals surface area contributed by atoms with E-state index in [-0.39, 0.29) is 17.0 Å². The molecule has 2 atom stereocenters. The highest BCUT2D eigenvalue weighted by Crippen LogP contribution is 2.23. The summed E-state index contributed by atoms with van der Waals surface area (Å²) in [7, 11) is -1.93. The van der Waals surface area contributed by atoms with E-state index in [2.05, 4.69) is 4.72 Å². The zero-order valence-corrected chi connectivity index (χ0v) is 11.5. The third-order valence-electron chi connectivity index (χ3n) is 3.31. The minimum atomic E-state index is -3.56. The Morgan fingerprint density at radius 1 is 1.42 bits per heavy atom. The SMILES string of the molecule is COC1CCC(NS(=O)(=O)c2cccc(C#N)c2)C1. The molecule has 1 aromatic carbocycles. The quantitative estimate of drug-likeness (QED) is 0.904. The Morgan fingerprint density at radius 3 is 2.84 bits per heavy atom. The van der Waals surface area contributed by atoms with Gasteiger partial charge in [0.15, 0.2) is 0 Å². The first kappa shape index (κ1) is 14.0. The lowest BCUT2D eigenvalue weighted by Gasteiger charge is -2.13. The number of benzene rings is 1. The number of hydrogen-bond donors (Lipinski definition) is 1. The van der Waals surface area contributed by atoms with Gasteiger partial charge in [0.2, 0.25) is 10.0 Å². The molecule has 0 spiro atoms. The Labute approximate surface area is 113 Å². The van der Waals surface area contributed by atoms with E-state index >= 15 is 0 Å². The van der Waals surface area contributed by atoms with Crippen molar-refractivity contribution in [2.45, 2.75) is 36.3 Å². The van der Waals surface area contributed by atoms with Crippen LogP contribution in [0, 0.1) is 11.3 Å². The Balaban J connectivity index is 2.12. The van der Waals surface area contributed by atoms with Crippen molar-refractivity contribution in [3.05, 3.63) is 29.8 Å². The molecule has 5 nitrogen and oxygen atoms in total. The Kier molecular flexibility index (Phi) is 4.20. The predicted molar refractivity (Wildman–Crippen MR) is 69.9 cm³/mol. The van der Waals surface area contributed by atoms with Crippen LogP contribution in [0.15, 0.2) is 29.2 Å². The molecule has 0 bridgehead atoms. The van der Waals surface area contributed by atoms with Crippen molar-refractivity contribution < 1.29 is 13.2 Å². The van der Waals surface area contributed by atoms with Crippen molar-refractivity contribution in [3.8, 4) is 6.07 Å². The van der Waals surface area contributed by atoms with Crippen LogP contribution in [0.4, 0.5) is 0 Å². The van der Waals surface area contributed by atoms with Gasteiger partial charge in [0.25, 0.3) is 0 Å². The van der Waals surface area contributed by atoms with E-state index in [1.54, 1.807) is 19.2 Å². The van der Waals surface area contributed by atoms with Gasteiger partial charge in [-0.05, 0) is 37.5 Å². The van der Waals surface area contributed by atoms with Gasteiger partial charge in [0.05, 0.1) is 22.6 Å². The van der Waals surface area contributed by atoms with Gasteiger partial charge >= 0.3 is 0 Å². The molecule has 0 amide bonds. The maximum Gasteiger partial charge on any atom is 0.240 e. The van der Waals surface area contributed by atoms with Crippen molar-refractivity contribution in [2.24, 2.45) is 0 Å². The van der Waals surface area contributed by atoms with Gasteiger partial charge in [0.1, 0.15) is 0 Å². The lowest BCUT2D eigenvalue weighted by Crippen LogP contribution is -2.33. The van der Waals surface area contributed by atoms with Gasteiger partial charge in [-0.2, -0.15) is 5.26 Å². The molecule has 0 saturated heterocycles. The zero-order valence-electron chi connectivity index (χ0n) is 10.7. The molecule has 1 N–H and O–H groups in total. The third-order valence-corrected chi connectivity index (χ3v) is 4.83. The third kappa shape index (κ3) is 3.32. The maximum absolute atomic E-state index is 12.2. The predicted octanol–water partition coefficient (Wildman–Crippen LogP) is 1.40. The van der Waals surface area contributed by atoms with E-state index in [1.165, 1.54) is 12.1 Å². The van der Waals surface area contributed by atoms with Crippen LogP contribution in [-0.4, -0.2) is 27.7 Å². The molecule has 102 valence electrons. The molecule has 1 saturated carbocycles. The molecule has 19 heavy (non-hydrogen) atoms. The van der Waals surface area contributed by atoms with E-state index in [0.29, 0.717) is 12.0 Å². The van der Waals surface area contributed by atoms with Crippen molar-refractivity contribution in [3.63, 3.8) is 0 Å². The molecular weight excluding hydrogens is 264 g/mol. The average molecular weight is 280 g/mol. The second-order valence-electron chi connectivity index (χ2n) is 4.63. The highest BCUT2D eigenvalue weighted by molar-refractivity contribution is 7.89. The number of methoxy groups -OCH3 is 1. The Bertz CT molecular complexity index is 592. The van der Waals surface area contributed by atoms with Gasteiger partial charge < -0.3 is 4.74 Å². The number of hydrogen-bond acceptors (Lipinski definition) is 4. The lowest BCUT2D eigenvalue weighted by atomic mass is 10.2. The molecule has 0 aliphatic heterocycles. The highest BCUT2D eigenvalue weighted by atomic mass is 32.2. The van der Waals surface area contributed by atoms with Crippen LogP contribution in [-0.2, 0) is 14.8 Å². The number of ether oxygens (including phenoxy) is 1. The summed E-state index contributed by atoms with van der Waals surface area (Å²) in [4.78, 5) is 0.132. The van der Waals surface area contributed by atoms with Crippen molar-refractivity contribution in [2.75, 3.05) is 7.11 Å². The molecular formula is C13H16N2O3S. The standard InChI is InChI=1S/C13H16N2O3S/c1-18-12-6-5-11(8-12)15-19(16,17)13-4-2-3-10(7-13)9-14/h2-4,7,11-12,15H,5-6,8H2,1H3. The summed E-state index contributed by atoms with van der Waals surface area (Å²) in [5, 5.41) is 8.80. The van der Waals surface area contributed by atoms with Crippen LogP contribution in [0.5, 0.6) is 0 Å². The van der Waals surface area contributed by atoms with Gasteiger partial charge in [-0.15, -0.1) is 0 Å². The van der Waals surface area contributed by atoms with E-state index < -0.39 is 10.0 Å². The largest absolute Gasteiger partial charge is 0.381 e. The summed E-state index contributed by atoms with van der Waals surface area (Å²) < 4.78 is 32.3. The van der Waals surface area contributed by atoms with E-state index in [4.69, 9.17) is 10.00 Å². The minimum Gasteiger partial charge on any atom is -0.381 e. The lowest BCUT2D eigenvalue weighted by molar-refractivity contribution is 0.107. The first-order valence-electron chi connectivity index (χ1n) is 6.10. The summed E-state index contributed by atoms with van der Waals surface area (Å²) in [6, 6.07) is 7.86. The number of nitriles is 1. The normalized spacial score (nSPS) is 23.2. The molecule has 1 aliphatic carbocycles. The topological polar surface area (TPSA) is 79.2 Å². The van der Waals surface area contributed by atoms with Crippen LogP contribution in [0.1, 0.15) is 24.8 Å². The molecule has 1 aromatic rings. The van der Waals surface area contributed by atoms with Gasteiger partial charge in [-0.25, -0.2) is 13.1 Å². The minimum absolute atomic E-state index is 0.0966. The number of sulfonamides is 1. The van der Waals surface area contributed by atoms with Crippen LogP contribution < -0.4 is 4.72 Å². The summed E-state index contributed by atoms with van der Waals surface area (Å²) in [6.07, 6.45) is 2.45. The fourth-order valence-electron chi connectivity index (χ4n) is 2.28. The summed E-state index contributed by atoms with van der Waals surface area (Å²) >= 11 is 0. The van der Waals surface area contributed by atoms with Crippen LogP contribution in [0.2, 0.25) is 0 Å². The number of nitrogens with zero attached hydrogens (tertiary/aromatic N) is 1. The first-order valence-corrected chi connectivity index (χ1v) is 7.59. The van der Waals surface area contributed by atoms with E-state index in [1.807, 2.05) is 6.07 Å². The molecule has 0 heterocycles. The van der Waals surface area contributed by atoms with Crippen LogP contribution in [0.3, 0.4) is 0 Å². The summed E-state index contributed by atoms with van der Waals surface area (Å²) in [6.45, 7) is 0. The second kappa shape index (κ2) is 5.70. The highest BCUT2D eigenvalue weighted by Gasteiger charge is 2.28. The van der Waals surface area contributed by atoms with Gasteiger partial charge in [-0.3, -0.25) is 0 Å². The second-order valence-corrected chi connectivity index (χ2v) is 6.34. The number of nitrogens with one attached hydrogen (secondary N) is 1. The number of rotatable bonds is 4. The van der Waals surface area contributed by atoms with Crippen LogP contribution >= 0.6 is 0 Å². The van der Waals surface area contributed by atoms with E-state index in [9.17, 15) is 8.42 Å². The molecule has 0 radical (unpaired) electrons. The van der Waals surface area contributed by atoms with Crippen molar-refractivity contribution in [1.82, 2.24) is 4.72 Å². The monoisotopic (exact) mass is 280 g/mol. The molecule has 1 fully saturated rings. The summed E-state index contributed by atoms with van der Waals surface area (Å²) in [5.41, 5.74) is 0.337.